The molecule has 0 spiro atoms. The molecule has 0 radical (unpaired) electrons. The van der Waals surface area contributed by atoms with Gasteiger partial charge in [-0.3, -0.25) is 9.41 Å². The Morgan fingerprint density at radius 3 is 0.750 bits per heavy atom. The maximum Gasteiger partial charge on any atom is 0 e. The van der Waals surface area contributed by atoms with Crippen LogP contribution in [0.25, 0.3) is 0 Å². The van der Waals surface area contributed by atoms with E-state index in [-0.39, 0.29) is 62.7 Å². The summed E-state index contributed by atoms with van der Waals surface area (Å²) in [5.41, 5.74) is 0. The van der Waals surface area contributed by atoms with E-state index in [1.807, 2.05) is 0 Å². The summed E-state index contributed by atoms with van der Waals surface area (Å²) in [7, 11) is 0. The molecule has 0 atom stereocenters. The minimum atomic E-state index is 0. The molecule has 0 bridgehead atoms. The van der Waals surface area contributed by atoms with Crippen LogP contribution in [0.2, 0.25) is 0 Å². The summed E-state index contributed by atoms with van der Waals surface area (Å²) in [4.78, 5) is 0. The van der Waals surface area contributed by atoms with Crippen molar-refractivity contribution in [3.63, 3.8) is 0 Å². The third kappa shape index (κ3) is 9.72. The zero-order chi connectivity index (χ0) is 0. The first-order valence-electron chi connectivity index (χ1n) is 0. The van der Waals surface area contributed by atoms with Crippen molar-refractivity contribution in [1.29, 1.82) is 0 Å². The van der Waals surface area contributed by atoms with Crippen LogP contribution in [0.15, 0.2) is 0 Å². The largest absolute Gasteiger partial charge is 0.269 e. The second-order valence-electron chi connectivity index (χ2n) is 0. The quantitative estimate of drug-likeness (QED) is 0.565. The van der Waals surface area contributed by atoms with Gasteiger partial charge >= 0.3 is 0 Å². The fourth-order valence-electron chi connectivity index (χ4n) is 0. The molecule has 4 heteroatoms. The predicted molar refractivity (Wildman–Crippen MR) is 12.3 cm³/mol. The molecule has 0 fully saturated rings. The van der Waals surface area contributed by atoms with Gasteiger partial charge in [-0.25, -0.2) is 0 Å². The Hall–Kier alpha value is 1.50. The van der Waals surface area contributed by atoms with Crippen molar-refractivity contribution in [2.75, 3.05) is 0 Å². The molecule has 28 valence electrons. The maximum atomic E-state index is 0. The Labute approximate surface area is 62.0 Å². The van der Waals surface area contributed by atoms with Crippen LogP contribution < -0.4 is 0 Å². The number of hydrogen-bond acceptors (Lipinski definition) is 0. The van der Waals surface area contributed by atoms with Crippen LogP contribution in [0.5, 0.6) is 0 Å². The fourth-order valence-corrected chi connectivity index (χ4v) is 0. The fraction of sp³-hybridized carbons (Fsp3) is 0. The molecule has 0 saturated heterocycles. The molecule has 0 aliphatic rings. The Morgan fingerprint density at radius 1 is 0.750 bits per heavy atom. The molecule has 4 heavy (non-hydrogen) atoms. The number of halogens is 3. The summed E-state index contributed by atoms with van der Waals surface area (Å²) < 4.78 is 0. The first-order chi connectivity index (χ1) is 0. The van der Waals surface area contributed by atoms with E-state index in [2.05, 4.69) is 0 Å². The number of hydrogen-bond donors (Lipinski definition) is 0. The van der Waals surface area contributed by atoms with Gasteiger partial charge in [-0.05, 0) is 0 Å². The summed E-state index contributed by atoms with van der Waals surface area (Å²) >= 11 is 0. The molecule has 0 rings (SSSR count). The molecule has 0 saturated carbocycles. The van der Waals surface area contributed by atoms with Gasteiger partial charge in [0.25, 0.3) is 0 Å². The van der Waals surface area contributed by atoms with Gasteiger partial charge in [0, 0.05) is 40.8 Å². The van der Waals surface area contributed by atoms with Gasteiger partial charge in [0.2, 0.25) is 0 Å². The van der Waals surface area contributed by atoms with Crippen LogP contribution in [0.4, 0.5) is 9.41 Å². The summed E-state index contributed by atoms with van der Waals surface area (Å²) in [6.07, 6.45) is 0. The summed E-state index contributed by atoms with van der Waals surface area (Å²) in [6, 6.07) is 0. The van der Waals surface area contributed by atoms with Crippen LogP contribution in [-0.4, -0.2) is 0 Å². The topological polar surface area (TPSA) is 0 Å². The van der Waals surface area contributed by atoms with Crippen LogP contribution in [-0.2, 0) is 0 Å². The molecule has 0 amide bonds. The third-order valence-electron chi connectivity index (χ3n) is 0. The molecule has 0 heterocycles. The molecular formula is H3ClF2Nd. The standard InChI is InChI=1S/ClH.2FH.Nd/h3*1H;. The number of rotatable bonds is 0. The van der Waals surface area contributed by atoms with Crippen molar-refractivity contribution in [2.45, 2.75) is 0 Å². The van der Waals surface area contributed by atoms with Crippen molar-refractivity contribution in [3.05, 3.63) is 0 Å². The van der Waals surface area contributed by atoms with E-state index in [0.717, 1.165) is 0 Å². The van der Waals surface area contributed by atoms with Gasteiger partial charge in [-0.1, -0.05) is 0 Å². The summed E-state index contributed by atoms with van der Waals surface area (Å²) in [6.45, 7) is 0. The molecule has 0 aromatic heterocycles. The minimum Gasteiger partial charge on any atom is -0.269 e. The van der Waals surface area contributed by atoms with Crippen LogP contribution >= 0.6 is 12.4 Å². The zero-order valence-corrected chi connectivity index (χ0v) is 5.75. The van der Waals surface area contributed by atoms with Gasteiger partial charge in [0.05, 0.1) is 0 Å². The molecule has 0 aromatic carbocycles. The Morgan fingerprint density at radius 2 is 0.750 bits per heavy atom. The average molecular weight is 221 g/mol. The second-order valence-corrected chi connectivity index (χ2v) is 0. The van der Waals surface area contributed by atoms with E-state index < -0.39 is 0 Å². The van der Waals surface area contributed by atoms with Gasteiger partial charge in [0.1, 0.15) is 0 Å². The molecular weight excluding hydrogens is 218 g/mol. The van der Waals surface area contributed by atoms with E-state index in [0.29, 0.717) is 0 Å². The molecule has 0 aliphatic carbocycles. The predicted octanol–water partition coefficient (Wildman–Crippen LogP) is 0.727. The van der Waals surface area contributed by atoms with Crippen molar-refractivity contribution >= 4 is 12.4 Å². The molecule has 0 N–H and O–H groups in total. The van der Waals surface area contributed by atoms with Crippen LogP contribution in [0, 0.1) is 40.8 Å². The van der Waals surface area contributed by atoms with Crippen molar-refractivity contribution in [3.8, 4) is 0 Å². The van der Waals surface area contributed by atoms with E-state index >= 15 is 0 Å². The van der Waals surface area contributed by atoms with Crippen molar-refractivity contribution in [2.24, 2.45) is 0 Å². The Kier molecular flexibility index (Phi) is 303. The van der Waals surface area contributed by atoms with Gasteiger partial charge in [-0.2, -0.15) is 0 Å². The van der Waals surface area contributed by atoms with Crippen molar-refractivity contribution in [1.82, 2.24) is 0 Å². The third-order valence-corrected chi connectivity index (χ3v) is 0. The maximum absolute atomic E-state index is 0. The van der Waals surface area contributed by atoms with Gasteiger partial charge in [-0.15, -0.1) is 12.4 Å². The molecule has 0 aliphatic heterocycles. The first kappa shape index (κ1) is 49.5. The van der Waals surface area contributed by atoms with E-state index in [1.54, 1.807) is 0 Å². The Balaban J connectivity index is 0. The second kappa shape index (κ2) is 24.5. The van der Waals surface area contributed by atoms with E-state index in [1.165, 1.54) is 0 Å². The van der Waals surface area contributed by atoms with Gasteiger partial charge < -0.3 is 0 Å². The molecule has 0 unspecified atom stereocenters. The zero-order valence-electron chi connectivity index (χ0n) is 1.72. The minimum absolute atomic E-state index is 0. The van der Waals surface area contributed by atoms with Crippen molar-refractivity contribution < 1.29 is 50.2 Å². The normalized spacial score (nSPS) is 0. The Bertz CT molecular complexity index is 6.00. The summed E-state index contributed by atoms with van der Waals surface area (Å²) in [5, 5.41) is 0. The smallest absolute Gasteiger partial charge is 0 e. The summed E-state index contributed by atoms with van der Waals surface area (Å²) in [5.74, 6) is 0. The van der Waals surface area contributed by atoms with E-state index in [4.69, 9.17) is 0 Å². The van der Waals surface area contributed by atoms with E-state index in [9.17, 15) is 0 Å². The average Bonchev–Trinajstić information content (AvgIpc) is 0. The SMILES string of the molecule is Cl.F.F.[Nd]. The van der Waals surface area contributed by atoms with Crippen LogP contribution in [0.3, 0.4) is 0 Å². The van der Waals surface area contributed by atoms with Gasteiger partial charge in [0.15, 0.2) is 0 Å². The molecule has 0 nitrogen and oxygen atoms in total. The monoisotopic (exact) mass is 218 g/mol. The van der Waals surface area contributed by atoms with Crippen LogP contribution in [0.1, 0.15) is 0 Å². The first-order valence-corrected chi connectivity index (χ1v) is 0. The molecule has 0 aromatic rings.